The van der Waals surface area contributed by atoms with Crippen LogP contribution >= 0.6 is 0 Å². The van der Waals surface area contributed by atoms with Crippen molar-refractivity contribution < 1.29 is 26.7 Å². The van der Waals surface area contributed by atoms with Crippen LogP contribution in [0.2, 0.25) is 0 Å². The summed E-state index contributed by atoms with van der Waals surface area (Å²) in [6.07, 6.45) is 2.52. The molecule has 1 aromatic rings. The van der Waals surface area contributed by atoms with Gasteiger partial charge < -0.3 is 5.11 Å². The number of piperidine rings is 1. The van der Waals surface area contributed by atoms with E-state index in [2.05, 4.69) is 0 Å². The third-order valence-corrected chi connectivity index (χ3v) is 7.20. The molecule has 0 radical (unpaired) electrons. The topological polar surface area (TPSA) is 121 Å². The minimum Gasteiger partial charge on any atom is -0.480 e. The fraction of sp³-hybridized carbons (Fsp3) is 0.500. The molecule has 8 nitrogen and oxygen atoms in total. The standard InChI is InChI=1S/C14H20N2O6S2/c1-11(14(17)18)15-23(19,20)12-6-5-7-13(10-12)24(21,22)16-8-3-2-4-9-16/h5-7,10-11,15H,2-4,8-9H2,1H3,(H,17,18)/t11-/m1/s1. The molecule has 1 aliphatic heterocycles. The van der Waals surface area contributed by atoms with Crippen molar-refractivity contribution in [3.8, 4) is 0 Å². The second kappa shape index (κ2) is 7.18. The lowest BCUT2D eigenvalue weighted by atomic mass is 10.2. The number of carboxylic acid groups (broad SMARTS) is 1. The van der Waals surface area contributed by atoms with Gasteiger partial charge in [0.25, 0.3) is 0 Å². The molecule has 0 saturated carbocycles. The molecule has 0 unspecified atom stereocenters. The number of aliphatic carboxylic acids is 1. The zero-order valence-corrected chi connectivity index (χ0v) is 14.8. The summed E-state index contributed by atoms with van der Waals surface area (Å²) >= 11 is 0. The van der Waals surface area contributed by atoms with E-state index in [1.807, 2.05) is 4.72 Å². The quantitative estimate of drug-likeness (QED) is 0.750. The molecule has 1 atom stereocenters. The van der Waals surface area contributed by atoms with Crippen LogP contribution in [-0.2, 0) is 24.8 Å². The van der Waals surface area contributed by atoms with Crippen LogP contribution in [0.5, 0.6) is 0 Å². The van der Waals surface area contributed by atoms with Crippen molar-refractivity contribution in [2.45, 2.75) is 42.0 Å². The van der Waals surface area contributed by atoms with E-state index in [4.69, 9.17) is 5.11 Å². The number of nitrogens with one attached hydrogen (secondary N) is 1. The number of benzene rings is 1. The van der Waals surface area contributed by atoms with Gasteiger partial charge in [0.2, 0.25) is 20.0 Å². The van der Waals surface area contributed by atoms with Gasteiger partial charge in [-0.15, -0.1) is 0 Å². The van der Waals surface area contributed by atoms with Crippen LogP contribution in [0.15, 0.2) is 34.1 Å². The molecule has 10 heteroatoms. The maximum absolute atomic E-state index is 12.6. The van der Waals surface area contributed by atoms with Crippen molar-refractivity contribution in [1.29, 1.82) is 0 Å². The first-order chi connectivity index (χ1) is 11.1. The normalized spacial score (nSPS) is 18.2. The van der Waals surface area contributed by atoms with Crippen molar-refractivity contribution in [3.05, 3.63) is 24.3 Å². The zero-order valence-electron chi connectivity index (χ0n) is 13.2. The minimum absolute atomic E-state index is 0.116. The van der Waals surface area contributed by atoms with Gasteiger partial charge in [-0.25, -0.2) is 16.8 Å². The molecular weight excluding hydrogens is 356 g/mol. The lowest BCUT2D eigenvalue weighted by molar-refractivity contribution is -0.138. The van der Waals surface area contributed by atoms with Gasteiger partial charge in [-0.1, -0.05) is 12.5 Å². The Kier molecular flexibility index (Phi) is 5.63. The number of carbonyl (C=O) groups is 1. The van der Waals surface area contributed by atoms with E-state index < -0.39 is 32.1 Å². The Morgan fingerprint density at radius 3 is 2.29 bits per heavy atom. The predicted octanol–water partition coefficient (Wildman–Crippen LogP) is 0.613. The Balaban J connectivity index is 2.33. The molecule has 24 heavy (non-hydrogen) atoms. The summed E-state index contributed by atoms with van der Waals surface area (Å²) in [5.41, 5.74) is 0. The maximum Gasteiger partial charge on any atom is 0.321 e. The van der Waals surface area contributed by atoms with E-state index >= 15 is 0 Å². The van der Waals surface area contributed by atoms with Crippen LogP contribution < -0.4 is 4.72 Å². The Morgan fingerprint density at radius 1 is 1.12 bits per heavy atom. The van der Waals surface area contributed by atoms with Gasteiger partial charge in [-0.05, 0) is 38.0 Å². The van der Waals surface area contributed by atoms with Crippen LogP contribution in [0, 0.1) is 0 Å². The van der Waals surface area contributed by atoms with E-state index in [1.54, 1.807) is 0 Å². The fourth-order valence-corrected chi connectivity index (χ4v) is 5.29. The van der Waals surface area contributed by atoms with Gasteiger partial charge in [0, 0.05) is 13.1 Å². The fourth-order valence-electron chi connectivity index (χ4n) is 2.41. The molecule has 0 aliphatic carbocycles. The van der Waals surface area contributed by atoms with Gasteiger partial charge in [-0.2, -0.15) is 9.03 Å². The number of carboxylic acids is 1. The summed E-state index contributed by atoms with van der Waals surface area (Å²) in [4.78, 5) is 10.4. The van der Waals surface area contributed by atoms with Crippen molar-refractivity contribution in [1.82, 2.24) is 9.03 Å². The van der Waals surface area contributed by atoms with E-state index in [0.717, 1.165) is 25.3 Å². The number of nitrogens with zero attached hydrogens (tertiary/aromatic N) is 1. The highest BCUT2D eigenvalue weighted by molar-refractivity contribution is 7.90. The van der Waals surface area contributed by atoms with E-state index in [1.165, 1.54) is 29.4 Å². The molecule has 1 heterocycles. The number of hydrogen-bond donors (Lipinski definition) is 2. The largest absolute Gasteiger partial charge is 0.480 e. The highest BCUT2D eigenvalue weighted by atomic mass is 32.2. The molecule has 1 saturated heterocycles. The lowest BCUT2D eigenvalue weighted by Crippen LogP contribution is -2.38. The molecule has 2 N–H and O–H groups in total. The summed E-state index contributed by atoms with van der Waals surface area (Å²) < 4.78 is 53.0. The second-order valence-corrected chi connectivity index (χ2v) is 9.27. The first-order valence-corrected chi connectivity index (χ1v) is 10.4. The average Bonchev–Trinajstić information content (AvgIpc) is 2.55. The van der Waals surface area contributed by atoms with Gasteiger partial charge in [0.1, 0.15) is 6.04 Å². The lowest BCUT2D eigenvalue weighted by Gasteiger charge is -2.26. The van der Waals surface area contributed by atoms with Crippen molar-refractivity contribution in [2.75, 3.05) is 13.1 Å². The SMILES string of the molecule is C[C@@H](NS(=O)(=O)c1cccc(S(=O)(=O)N2CCCCC2)c1)C(=O)O. The molecule has 0 aromatic heterocycles. The summed E-state index contributed by atoms with van der Waals surface area (Å²) in [6, 6.07) is 3.63. The van der Waals surface area contributed by atoms with Crippen LogP contribution in [0.4, 0.5) is 0 Å². The van der Waals surface area contributed by atoms with Gasteiger partial charge in [0.15, 0.2) is 0 Å². The third-order valence-electron chi connectivity index (χ3n) is 3.77. The minimum atomic E-state index is -4.13. The maximum atomic E-state index is 12.6. The first-order valence-electron chi connectivity index (χ1n) is 7.50. The van der Waals surface area contributed by atoms with Gasteiger partial charge >= 0.3 is 5.97 Å². The van der Waals surface area contributed by atoms with E-state index in [9.17, 15) is 21.6 Å². The summed E-state index contributed by atoms with van der Waals surface area (Å²) in [6.45, 7) is 2.01. The molecule has 1 aliphatic rings. The summed E-state index contributed by atoms with van der Waals surface area (Å²) in [7, 11) is -7.90. The average molecular weight is 376 g/mol. The molecule has 1 fully saturated rings. The third kappa shape index (κ3) is 4.12. The number of rotatable bonds is 6. The predicted molar refractivity (Wildman–Crippen MR) is 86.5 cm³/mol. The molecule has 1 aromatic carbocycles. The number of sulfonamides is 2. The smallest absolute Gasteiger partial charge is 0.321 e. The molecule has 2 rings (SSSR count). The zero-order chi connectivity index (χ0) is 18.0. The van der Waals surface area contributed by atoms with Crippen LogP contribution in [0.1, 0.15) is 26.2 Å². The monoisotopic (exact) mass is 376 g/mol. The van der Waals surface area contributed by atoms with Crippen LogP contribution in [0.25, 0.3) is 0 Å². The Morgan fingerprint density at radius 2 is 1.71 bits per heavy atom. The van der Waals surface area contributed by atoms with Crippen molar-refractivity contribution in [3.63, 3.8) is 0 Å². The molecule has 0 bridgehead atoms. The van der Waals surface area contributed by atoms with E-state index in [0.29, 0.717) is 13.1 Å². The summed E-state index contributed by atoms with van der Waals surface area (Å²) in [5, 5.41) is 8.82. The molecule has 134 valence electrons. The molecular formula is C14H20N2O6S2. The van der Waals surface area contributed by atoms with Gasteiger partial charge in [-0.3, -0.25) is 4.79 Å². The van der Waals surface area contributed by atoms with Crippen molar-refractivity contribution >= 4 is 26.0 Å². The highest BCUT2D eigenvalue weighted by Crippen LogP contribution is 2.22. The Bertz CT molecular complexity index is 813. The van der Waals surface area contributed by atoms with Crippen LogP contribution in [0.3, 0.4) is 0 Å². The Hall–Kier alpha value is -1.49. The second-order valence-electron chi connectivity index (χ2n) is 5.62. The highest BCUT2D eigenvalue weighted by Gasteiger charge is 2.28. The van der Waals surface area contributed by atoms with Crippen molar-refractivity contribution in [2.24, 2.45) is 0 Å². The van der Waals surface area contributed by atoms with E-state index in [-0.39, 0.29) is 9.79 Å². The number of hydrogen-bond acceptors (Lipinski definition) is 5. The Labute approximate surface area is 141 Å². The first kappa shape index (κ1) is 18.8. The van der Waals surface area contributed by atoms with Crippen LogP contribution in [-0.4, -0.2) is 51.3 Å². The summed E-state index contributed by atoms with van der Waals surface area (Å²) in [5.74, 6) is -1.32. The molecule has 0 amide bonds. The molecule has 0 spiro atoms. The van der Waals surface area contributed by atoms with Gasteiger partial charge in [0.05, 0.1) is 9.79 Å².